The van der Waals surface area contributed by atoms with E-state index in [0.717, 1.165) is 5.56 Å². The fourth-order valence-corrected chi connectivity index (χ4v) is 2.09. The lowest BCUT2D eigenvalue weighted by Gasteiger charge is -2.13. The van der Waals surface area contributed by atoms with Crippen LogP contribution in [-0.4, -0.2) is 18.3 Å². The molecule has 0 saturated carbocycles. The van der Waals surface area contributed by atoms with Crippen molar-refractivity contribution in [3.8, 4) is 11.5 Å². The van der Waals surface area contributed by atoms with E-state index in [2.05, 4.69) is 0 Å². The zero-order valence-corrected chi connectivity index (χ0v) is 12.4. The van der Waals surface area contributed by atoms with Gasteiger partial charge in [-0.1, -0.05) is 11.6 Å². The summed E-state index contributed by atoms with van der Waals surface area (Å²) in [4.78, 5) is 20.9. The Kier molecular flexibility index (Phi) is 4.95. The number of carbonyl (C=O) groups is 1. The Hall–Kier alpha value is -2.60. The number of methoxy groups -OCH3 is 1. The standard InChI is InChI=1S/C15H12ClNO5/c1-21-14-7-11(8-18)6-13(16)15(14)22-9-10-2-4-12(5-3-10)17(19)20/h2-8H,9H2,1H3. The van der Waals surface area contributed by atoms with E-state index >= 15 is 0 Å². The summed E-state index contributed by atoms with van der Waals surface area (Å²) in [5.74, 6) is 0.657. The lowest BCUT2D eigenvalue weighted by molar-refractivity contribution is -0.384. The monoisotopic (exact) mass is 321 g/mol. The normalized spacial score (nSPS) is 10.1. The first-order chi connectivity index (χ1) is 10.5. The molecule has 0 heterocycles. The van der Waals surface area contributed by atoms with Crippen molar-refractivity contribution in [2.24, 2.45) is 0 Å². The smallest absolute Gasteiger partial charge is 0.269 e. The fourth-order valence-electron chi connectivity index (χ4n) is 1.82. The molecule has 0 amide bonds. The van der Waals surface area contributed by atoms with Crippen molar-refractivity contribution in [3.63, 3.8) is 0 Å². The molecule has 0 spiro atoms. The SMILES string of the molecule is COc1cc(C=O)cc(Cl)c1OCc1ccc([N+](=O)[O-])cc1. The predicted octanol–water partition coefficient (Wildman–Crippen LogP) is 3.65. The number of non-ortho nitro benzene ring substituents is 1. The van der Waals surface area contributed by atoms with Crippen LogP contribution in [0.2, 0.25) is 5.02 Å². The van der Waals surface area contributed by atoms with E-state index in [-0.39, 0.29) is 17.3 Å². The molecule has 0 bridgehead atoms. The van der Waals surface area contributed by atoms with Gasteiger partial charge in [-0.2, -0.15) is 0 Å². The van der Waals surface area contributed by atoms with Crippen molar-refractivity contribution in [2.45, 2.75) is 6.61 Å². The number of nitro benzene ring substituents is 1. The molecule has 0 unspecified atom stereocenters. The minimum Gasteiger partial charge on any atom is -0.493 e. The Morgan fingerprint density at radius 3 is 2.50 bits per heavy atom. The van der Waals surface area contributed by atoms with Gasteiger partial charge in [-0.3, -0.25) is 14.9 Å². The van der Waals surface area contributed by atoms with Gasteiger partial charge in [0.2, 0.25) is 0 Å². The first kappa shape index (κ1) is 15.8. The van der Waals surface area contributed by atoms with Gasteiger partial charge < -0.3 is 9.47 Å². The molecule has 0 N–H and O–H groups in total. The third-order valence-corrected chi connectivity index (χ3v) is 3.20. The highest BCUT2D eigenvalue weighted by Gasteiger charge is 2.12. The van der Waals surface area contributed by atoms with Gasteiger partial charge in [-0.05, 0) is 29.8 Å². The molecular formula is C15H12ClNO5. The Morgan fingerprint density at radius 2 is 1.95 bits per heavy atom. The van der Waals surface area contributed by atoms with Crippen molar-refractivity contribution in [1.82, 2.24) is 0 Å². The maximum absolute atomic E-state index is 10.8. The molecule has 7 heteroatoms. The zero-order chi connectivity index (χ0) is 16.1. The van der Waals surface area contributed by atoms with Crippen molar-refractivity contribution < 1.29 is 19.2 Å². The molecule has 0 radical (unpaired) electrons. The van der Waals surface area contributed by atoms with Gasteiger partial charge in [0.15, 0.2) is 11.5 Å². The number of carbonyl (C=O) groups excluding carboxylic acids is 1. The average Bonchev–Trinajstić information content (AvgIpc) is 2.53. The van der Waals surface area contributed by atoms with E-state index < -0.39 is 4.92 Å². The Labute approximate surface area is 131 Å². The highest BCUT2D eigenvalue weighted by molar-refractivity contribution is 6.32. The number of hydrogen-bond acceptors (Lipinski definition) is 5. The molecule has 0 saturated heterocycles. The number of rotatable bonds is 6. The number of benzene rings is 2. The Bertz CT molecular complexity index is 700. The summed E-state index contributed by atoms with van der Waals surface area (Å²) in [5.41, 5.74) is 1.13. The topological polar surface area (TPSA) is 78.7 Å². The van der Waals surface area contributed by atoms with Crippen molar-refractivity contribution in [3.05, 3.63) is 62.7 Å². The summed E-state index contributed by atoms with van der Waals surface area (Å²) in [7, 11) is 1.44. The van der Waals surface area contributed by atoms with Gasteiger partial charge in [0, 0.05) is 17.7 Å². The highest BCUT2D eigenvalue weighted by Crippen LogP contribution is 2.36. The van der Waals surface area contributed by atoms with E-state index in [0.29, 0.717) is 23.3 Å². The second-order valence-corrected chi connectivity index (χ2v) is 4.77. The van der Waals surface area contributed by atoms with Crippen LogP contribution in [-0.2, 0) is 6.61 Å². The lowest BCUT2D eigenvalue weighted by Crippen LogP contribution is -1.99. The summed E-state index contributed by atoms with van der Waals surface area (Å²) in [6.45, 7) is 0.161. The largest absolute Gasteiger partial charge is 0.493 e. The Morgan fingerprint density at radius 1 is 1.27 bits per heavy atom. The fraction of sp³-hybridized carbons (Fsp3) is 0.133. The highest BCUT2D eigenvalue weighted by atomic mass is 35.5. The number of halogens is 1. The van der Waals surface area contributed by atoms with Crippen LogP contribution < -0.4 is 9.47 Å². The van der Waals surface area contributed by atoms with Crippen LogP contribution in [0, 0.1) is 10.1 Å². The van der Waals surface area contributed by atoms with E-state index in [1.807, 2.05) is 0 Å². The summed E-state index contributed by atoms with van der Waals surface area (Å²) in [5, 5.41) is 10.8. The average molecular weight is 322 g/mol. The number of nitro groups is 1. The van der Waals surface area contributed by atoms with Crippen molar-refractivity contribution in [1.29, 1.82) is 0 Å². The number of hydrogen-bond donors (Lipinski definition) is 0. The van der Waals surface area contributed by atoms with Crippen LogP contribution in [0.5, 0.6) is 11.5 Å². The van der Waals surface area contributed by atoms with E-state index in [1.165, 1.54) is 31.4 Å². The first-order valence-corrected chi connectivity index (χ1v) is 6.61. The summed E-state index contributed by atoms with van der Waals surface area (Å²) in [6.07, 6.45) is 0.661. The first-order valence-electron chi connectivity index (χ1n) is 6.24. The number of ether oxygens (including phenoxy) is 2. The summed E-state index contributed by atoms with van der Waals surface area (Å²) >= 11 is 6.07. The molecule has 22 heavy (non-hydrogen) atoms. The zero-order valence-electron chi connectivity index (χ0n) is 11.6. The number of aldehydes is 1. The van der Waals surface area contributed by atoms with E-state index in [1.54, 1.807) is 12.1 Å². The second-order valence-electron chi connectivity index (χ2n) is 4.36. The molecule has 0 aromatic heterocycles. The van der Waals surface area contributed by atoms with Crippen LogP contribution in [0.1, 0.15) is 15.9 Å². The van der Waals surface area contributed by atoms with Gasteiger partial charge in [-0.25, -0.2) is 0 Å². The van der Waals surface area contributed by atoms with Gasteiger partial charge in [0.25, 0.3) is 5.69 Å². The molecule has 0 atom stereocenters. The van der Waals surface area contributed by atoms with E-state index in [9.17, 15) is 14.9 Å². The molecule has 0 aliphatic heterocycles. The molecule has 2 rings (SSSR count). The van der Waals surface area contributed by atoms with Crippen LogP contribution in [0.3, 0.4) is 0 Å². The molecule has 2 aromatic rings. The molecule has 0 aliphatic carbocycles. The number of nitrogens with zero attached hydrogens (tertiary/aromatic N) is 1. The summed E-state index contributed by atoms with van der Waals surface area (Å²) < 4.78 is 10.8. The molecular weight excluding hydrogens is 310 g/mol. The second kappa shape index (κ2) is 6.91. The third kappa shape index (κ3) is 3.53. The van der Waals surface area contributed by atoms with Gasteiger partial charge in [0.1, 0.15) is 12.9 Å². The van der Waals surface area contributed by atoms with Crippen LogP contribution >= 0.6 is 11.6 Å². The quantitative estimate of drug-likeness (QED) is 0.461. The van der Waals surface area contributed by atoms with Crippen LogP contribution in [0.4, 0.5) is 5.69 Å². The van der Waals surface area contributed by atoms with Crippen LogP contribution in [0.15, 0.2) is 36.4 Å². The lowest BCUT2D eigenvalue weighted by atomic mass is 10.2. The third-order valence-electron chi connectivity index (χ3n) is 2.92. The molecule has 114 valence electrons. The molecule has 6 nitrogen and oxygen atoms in total. The maximum Gasteiger partial charge on any atom is 0.269 e. The predicted molar refractivity (Wildman–Crippen MR) is 80.8 cm³/mol. The maximum atomic E-state index is 10.8. The summed E-state index contributed by atoms with van der Waals surface area (Å²) in [6, 6.07) is 8.98. The minimum absolute atomic E-state index is 0.00898. The van der Waals surface area contributed by atoms with Gasteiger partial charge in [0.05, 0.1) is 17.1 Å². The van der Waals surface area contributed by atoms with Crippen molar-refractivity contribution in [2.75, 3.05) is 7.11 Å². The van der Waals surface area contributed by atoms with Crippen molar-refractivity contribution >= 4 is 23.6 Å². The Balaban J connectivity index is 2.17. The van der Waals surface area contributed by atoms with E-state index in [4.69, 9.17) is 21.1 Å². The minimum atomic E-state index is -0.470. The van der Waals surface area contributed by atoms with Gasteiger partial charge >= 0.3 is 0 Å². The van der Waals surface area contributed by atoms with Crippen LogP contribution in [0.25, 0.3) is 0 Å². The molecule has 2 aromatic carbocycles. The molecule has 0 aliphatic rings. The molecule has 0 fully saturated rings. The van der Waals surface area contributed by atoms with Gasteiger partial charge in [-0.15, -0.1) is 0 Å².